The van der Waals surface area contributed by atoms with E-state index in [2.05, 4.69) is 6.07 Å². The summed E-state index contributed by atoms with van der Waals surface area (Å²) in [5.74, 6) is 0.901. The van der Waals surface area contributed by atoms with Crippen LogP contribution in [0.25, 0.3) is 22.1 Å². The highest BCUT2D eigenvalue weighted by Crippen LogP contribution is 2.30. The number of carbonyl (C=O) groups excluding carboxylic acids is 1. The molecular formula is C14H10O2S. The largest absolute Gasteiger partial charge is 0.461 e. The predicted molar refractivity (Wildman–Crippen MR) is 69.7 cm³/mol. The van der Waals surface area contributed by atoms with Crippen LogP contribution in [0.4, 0.5) is 0 Å². The zero-order chi connectivity index (χ0) is 11.8. The van der Waals surface area contributed by atoms with Crippen LogP contribution in [0.1, 0.15) is 15.4 Å². The van der Waals surface area contributed by atoms with Crippen molar-refractivity contribution in [2.24, 2.45) is 0 Å². The van der Waals surface area contributed by atoms with Crippen LogP contribution in [0.15, 0.2) is 40.1 Å². The number of benzene rings is 1. The van der Waals surface area contributed by atoms with Crippen LogP contribution in [0.2, 0.25) is 0 Å². The lowest BCUT2D eigenvalue weighted by atomic mass is 10.1. The molecule has 3 aromatic rings. The first-order valence-electron chi connectivity index (χ1n) is 5.31. The van der Waals surface area contributed by atoms with E-state index in [-0.39, 0.29) is 0 Å². The zero-order valence-electron chi connectivity index (χ0n) is 9.27. The maximum Gasteiger partial charge on any atom is 0.160 e. The summed E-state index contributed by atoms with van der Waals surface area (Å²) in [7, 11) is 0. The lowest BCUT2D eigenvalue weighted by Crippen LogP contribution is -1.79. The lowest BCUT2D eigenvalue weighted by Gasteiger charge is -1.99. The predicted octanol–water partition coefficient (Wildman–Crippen LogP) is 4.28. The maximum atomic E-state index is 10.9. The highest BCUT2D eigenvalue weighted by molar-refractivity contribution is 7.12. The Morgan fingerprint density at radius 1 is 1.24 bits per heavy atom. The SMILES string of the molecule is Cc1cc2cc(-c3ccsc3C=O)ccc2o1. The van der Waals surface area contributed by atoms with Crippen molar-refractivity contribution >= 4 is 28.6 Å². The van der Waals surface area contributed by atoms with E-state index >= 15 is 0 Å². The Morgan fingerprint density at radius 3 is 2.94 bits per heavy atom. The first-order chi connectivity index (χ1) is 8.28. The molecule has 0 saturated heterocycles. The van der Waals surface area contributed by atoms with E-state index in [1.165, 1.54) is 11.3 Å². The minimum absolute atomic E-state index is 0.768. The second kappa shape index (κ2) is 3.86. The topological polar surface area (TPSA) is 30.2 Å². The van der Waals surface area contributed by atoms with E-state index in [1.807, 2.05) is 36.6 Å². The molecule has 0 amide bonds. The van der Waals surface area contributed by atoms with Gasteiger partial charge in [0.2, 0.25) is 0 Å². The van der Waals surface area contributed by atoms with Crippen LogP contribution in [0.5, 0.6) is 0 Å². The molecule has 1 aromatic carbocycles. The third kappa shape index (κ3) is 1.68. The molecule has 0 atom stereocenters. The molecule has 0 saturated carbocycles. The second-order valence-corrected chi connectivity index (χ2v) is 4.87. The van der Waals surface area contributed by atoms with Gasteiger partial charge in [0, 0.05) is 10.9 Å². The second-order valence-electron chi connectivity index (χ2n) is 3.93. The number of aldehydes is 1. The Morgan fingerprint density at radius 2 is 2.12 bits per heavy atom. The van der Waals surface area contributed by atoms with Crippen molar-refractivity contribution < 1.29 is 9.21 Å². The third-order valence-electron chi connectivity index (χ3n) is 2.75. The average molecular weight is 242 g/mol. The Bertz CT molecular complexity index is 691. The molecule has 2 aromatic heterocycles. The molecular weight excluding hydrogens is 232 g/mol. The van der Waals surface area contributed by atoms with Crippen molar-refractivity contribution in [3.63, 3.8) is 0 Å². The number of hydrogen-bond donors (Lipinski definition) is 0. The Labute approximate surface area is 102 Å². The molecule has 0 bridgehead atoms. The third-order valence-corrected chi connectivity index (χ3v) is 3.59. The molecule has 17 heavy (non-hydrogen) atoms. The van der Waals surface area contributed by atoms with Gasteiger partial charge in [-0.1, -0.05) is 6.07 Å². The smallest absolute Gasteiger partial charge is 0.160 e. The number of hydrogen-bond acceptors (Lipinski definition) is 3. The molecule has 0 N–H and O–H groups in total. The number of furan rings is 1. The number of thiophene rings is 1. The Balaban J connectivity index is 2.20. The van der Waals surface area contributed by atoms with Crippen molar-refractivity contribution in [2.75, 3.05) is 0 Å². The van der Waals surface area contributed by atoms with Gasteiger partial charge in [-0.3, -0.25) is 4.79 Å². The van der Waals surface area contributed by atoms with Crippen molar-refractivity contribution in [1.29, 1.82) is 0 Å². The minimum Gasteiger partial charge on any atom is -0.461 e. The Hall–Kier alpha value is -1.87. The number of carbonyl (C=O) groups is 1. The number of fused-ring (bicyclic) bond motifs is 1. The van der Waals surface area contributed by atoms with E-state index in [1.54, 1.807) is 0 Å². The van der Waals surface area contributed by atoms with Gasteiger partial charge in [-0.2, -0.15) is 0 Å². The molecule has 0 unspecified atom stereocenters. The van der Waals surface area contributed by atoms with Crippen LogP contribution < -0.4 is 0 Å². The van der Waals surface area contributed by atoms with Crippen LogP contribution in [0, 0.1) is 6.92 Å². The van der Waals surface area contributed by atoms with Gasteiger partial charge in [0.05, 0.1) is 4.88 Å². The van der Waals surface area contributed by atoms with Crippen LogP contribution >= 0.6 is 11.3 Å². The summed E-state index contributed by atoms with van der Waals surface area (Å²) in [5, 5.41) is 3.01. The van der Waals surface area contributed by atoms with Crippen molar-refractivity contribution in [2.45, 2.75) is 6.92 Å². The molecule has 0 aliphatic heterocycles. The molecule has 0 spiro atoms. The van der Waals surface area contributed by atoms with E-state index in [0.29, 0.717) is 0 Å². The molecule has 2 nitrogen and oxygen atoms in total. The van der Waals surface area contributed by atoms with E-state index in [9.17, 15) is 4.79 Å². The van der Waals surface area contributed by atoms with E-state index in [0.717, 1.165) is 39.0 Å². The highest BCUT2D eigenvalue weighted by Gasteiger charge is 2.08. The van der Waals surface area contributed by atoms with Gasteiger partial charge in [0.15, 0.2) is 6.29 Å². The summed E-state index contributed by atoms with van der Waals surface area (Å²) in [5.41, 5.74) is 2.93. The fourth-order valence-electron chi connectivity index (χ4n) is 1.99. The zero-order valence-corrected chi connectivity index (χ0v) is 10.1. The molecule has 0 radical (unpaired) electrons. The molecule has 3 rings (SSSR count). The summed E-state index contributed by atoms with van der Waals surface area (Å²) >= 11 is 1.46. The van der Waals surface area contributed by atoms with E-state index < -0.39 is 0 Å². The molecule has 0 aliphatic rings. The average Bonchev–Trinajstić information content (AvgIpc) is 2.91. The summed E-state index contributed by atoms with van der Waals surface area (Å²) in [6.45, 7) is 1.93. The van der Waals surface area contributed by atoms with E-state index in [4.69, 9.17) is 4.42 Å². The molecule has 84 valence electrons. The fraction of sp³-hybridized carbons (Fsp3) is 0.0714. The monoisotopic (exact) mass is 242 g/mol. The van der Waals surface area contributed by atoms with Crippen LogP contribution in [0.3, 0.4) is 0 Å². The maximum absolute atomic E-state index is 10.9. The Kier molecular flexibility index (Phi) is 2.34. The standard InChI is InChI=1S/C14H10O2S/c1-9-6-11-7-10(2-3-13(11)16-9)12-4-5-17-14(12)8-15/h2-8H,1H3. The van der Waals surface area contributed by atoms with Crippen molar-refractivity contribution in [1.82, 2.24) is 0 Å². The minimum atomic E-state index is 0.768. The quantitative estimate of drug-likeness (QED) is 0.628. The fourth-order valence-corrected chi connectivity index (χ4v) is 2.71. The van der Waals surface area contributed by atoms with Gasteiger partial charge in [0.1, 0.15) is 11.3 Å². The lowest BCUT2D eigenvalue weighted by molar-refractivity contribution is 0.112. The summed E-state index contributed by atoms with van der Waals surface area (Å²) in [6.07, 6.45) is 0.908. The molecule has 0 fully saturated rings. The summed E-state index contributed by atoms with van der Waals surface area (Å²) < 4.78 is 5.53. The number of rotatable bonds is 2. The normalized spacial score (nSPS) is 10.9. The van der Waals surface area contributed by atoms with Crippen molar-refractivity contribution in [3.8, 4) is 11.1 Å². The first-order valence-corrected chi connectivity index (χ1v) is 6.19. The highest BCUT2D eigenvalue weighted by atomic mass is 32.1. The van der Waals surface area contributed by atoms with Crippen LogP contribution in [-0.4, -0.2) is 6.29 Å². The number of aryl methyl sites for hydroxylation is 1. The molecule has 0 aliphatic carbocycles. The van der Waals surface area contributed by atoms with Crippen molar-refractivity contribution in [3.05, 3.63) is 46.3 Å². The van der Waals surface area contributed by atoms with Gasteiger partial charge in [-0.15, -0.1) is 11.3 Å². The van der Waals surface area contributed by atoms with Crippen LogP contribution in [-0.2, 0) is 0 Å². The summed E-state index contributed by atoms with van der Waals surface area (Å²) in [6, 6.07) is 9.97. The summed E-state index contributed by atoms with van der Waals surface area (Å²) in [4.78, 5) is 11.7. The first kappa shape index (κ1) is 10.3. The van der Waals surface area contributed by atoms with Gasteiger partial charge < -0.3 is 4.42 Å². The molecule has 3 heteroatoms. The van der Waals surface area contributed by atoms with Gasteiger partial charge in [-0.25, -0.2) is 0 Å². The molecule has 2 heterocycles. The van der Waals surface area contributed by atoms with Gasteiger partial charge in [0.25, 0.3) is 0 Å². The van der Waals surface area contributed by atoms with Gasteiger partial charge >= 0.3 is 0 Å². The van der Waals surface area contributed by atoms with Gasteiger partial charge in [-0.05, 0) is 42.1 Å².